The molecule has 4 nitrogen and oxygen atoms in total. The number of hydrogen-bond donors (Lipinski definition) is 0. The van der Waals surface area contributed by atoms with Gasteiger partial charge in [-0.2, -0.15) is 0 Å². The SMILES string of the molecule is [C-]#[N+]c1cc2c(cc1F)n(CC)c1[n+]2CCC1=CC=C1SCCN1CC. The molecule has 1 aromatic heterocycles. The Bertz CT molecular complexity index is 980. The molecule has 26 heavy (non-hydrogen) atoms. The lowest BCUT2D eigenvalue weighted by molar-refractivity contribution is -0.664. The zero-order valence-electron chi connectivity index (χ0n) is 15.1. The minimum atomic E-state index is -0.437. The fourth-order valence-corrected chi connectivity index (χ4v) is 5.02. The van der Waals surface area contributed by atoms with E-state index in [4.69, 9.17) is 6.57 Å². The number of rotatable bonds is 3. The molecule has 1 fully saturated rings. The van der Waals surface area contributed by atoms with Crippen molar-refractivity contribution in [2.24, 2.45) is 0 Å². The average Bonchev–Trinajstić information content (AvgIpc) is 3.33. The van der Waals surface area contributed by atoms with Crippen LogP contribution in [0.5, 0.6) is 0 Å². The zero-order chi connectivity index (χ0) is 18.3. The van der Waals surface area contributed by atoms with E-state index < -0.39 is 5.82 Å². The quantitative estimate of drug-likeness (QED) is 0.591. The molecule has 2 aromatic rings. The van der Waals surface area contributed by atoms with Gasteiger partial charge in [0, 0.05) is 36.9 Å². The van der Waals surface area contributed by atoms with Crippen LogP contribution in [0.3, 0.4) is 0 Å². The van der Waals surface area contributed by atoms with Gasteiger partial charge in [0.15, 0.2) is 11.0 Å². The number of nitrogens with zero attached hydrogens (tertiary/aromatic N) is 4. The van der Waals surface area contributed by atoms with Gasteiger partial charge in [-0.05, 0) is 32.1 Å². The van der Waals surface area contributed by atoms with Crippen LogP contribution in [0.25, 0.3) is 21.5 Å². The number of benzene rings is 1. The molecule has 0 spiro atoms. The highest BCUT2D eigenvalue weighted by molar-refractivity contribution is 8.03. The number of halogens is 1. The van der Waals surface area contributed by atoms with Crippen LogP contribution in [0.15, 0.2) is 29.3 Å². The molecule has 0 N–H and O–H groups in total. The van der Waals surface area contributed by atoms with Crippen molar-refractivity contribution in [3.05, 3.63) is 52.4 Å². The maximum absolute atomic E-state index is 14.2. The first kappa shape index (κ1) is 17.2. The predicted octanol–water partition coefficient (Wildman–Crippen LogP) is 4.34. The summed E-state index contributed by atoms with van der Waals surface area (Å²) in [5, 5.41) is 1.33. The minimum absolute atomic E-state index is 0.0987. The van der Waals surface area contributed by atoms with E-state index in [2.05, 4.69) is 44.9 Å². The van der Waals surface area contributed by atoms with Crippen molar-refractivity contribution >= 4 is 34.1 Å². The first-order chi connectivity index (χ1) is 12.7. The highest BCUT2D eigenvalue weighted by atomic mass is 32.2. The summed E-state index contributed by atoms with van der Waals surface area (Å²) in [5.41, 5.74) is 3.21. The van der Waals surface area contributed by atoms with E-state index in [0.29, 0.717) is 0 Å². The molecule has 4 rings (SSSR count). The molecule has 6 heteroatoms. The maximum atomic E-state index is 14.2. The molecule has 1 aromatic carbocycles. The summed E-state index contributed by atoms with van der Waals surface area (Å²) < 4.78 is 18.6. The van der Waals surface area contributed by atoms with Gasteiger partial charge < -0.3 is 4.90 Å². The van der Waals surface area contributed by atoms with Crippen LogP contribution in [-0.4, -0.2) is 28.3 Å². The lowest BCUT2D eigenvalue weighted by Crippen LogP contribution is -2.31. The number of hydrogen-bond acceptors (Lipinski definition) is 2. The van der Waals surface area contributed by atoms with Crippen molar-refractivity contribution in [1.29, 1.82) is 0 Å². The first-order valence-corrected chi connectivity index (χ1v) is 10.1. The summed E-state index contributed by atoms with van der Waals surface area (Å²) in [5.74, 6) is 1.86. The van der Waals surface area contributed by atoms with Gasteiger partial charge in [0.2, 0.25) is 5.69 Å². The Morgan fingerprint density at radius 1 is 1.31 bits per heavy atom. The summed E-state index contributed by atoms with van der Waals surface area (Å²) in [6.07, 6.45) is 5.43. The van der Waals surface area contributed by atoms with Gasteiger partial charge in [-0.1, -0.05) is 0 Å². The lowest BCUT2D eigenvalue weighted by Gasteiger charge is -2.15. The van der Waals surface area contributed by atoms with Gasteiger partial charge in [-0.3, -0.25) is 0 Å². The maximum Gasteiger partial charge on any atom is 0.285 e. The minimum Gasteiger partial charge on any atom is -0.366 e. The average molecular weight is 369 g/mol. The molecule has 0 radical (unpaired) electrons. The molecule has 0 aliphatic carbocycles. The van der Waals surface area contributed by atoms with Gasteiger partial charge in [-0.15, -0.1) is 11.8 Å². The van der Waals surface area contributed by atoms with E-state index in [-0.39, 0.29) is 5.69 Å². The smallest absolute Gasteiger partial charge is 0.285 e. The molecule has 0 bridgehead atoms. The van der Waals surface area contributed by atoms with Crippen molar-refractivity contribution in [3.63, 3.8) is 0 Å². The summed E-state index contributed by atoms with van der Waals surface area (Å²) in [6, 6.07) is 3.21. The van der Waals surface area contributed by atoms with Gasteiger partial charge in [0.1, 0.15) is 5.82 Å². The van der Waals surface area contributed by atoms with Gasteiger partial charge in [0.05, 0.1) is 24.7 Å². The molecule has 134 valence electrons. The topological polar surface area (TPSA) is 16.4 Å². The third-order valence-electron chi connectivity index (χ3n) is 5.20. The highest BCUT2D eigenvalue weighted by Crippen LogP contribution is 2.32. The molecule has 0 unspecified atom stereocenters. The van der Waals surface area contributed by atoms with Gasteiger partial charge in [-0.25, -0.2) is 18.4 Å². The number of allylic oxidation sites excluding steroid dienone is 3. The second-order valence-corrected chi connectivity index (χ2v) is 7.61. The van der Waals surface area contributed by atoms with E-state index in [0.717, 1.165) is 55.2 Å². The number of aryl methyl sites for hydroxylation is 2. The zero-order valence-corrected chi connectivity index (χ0v) is 15.9. The van der Waals surface area contributed by atoms with Gasteiger partial charge >= 0.3 is 0 Å². The van der Waals surface area contributed by atoms with E-state index in [1.165, 1.54) is 16.7 Å². The number of aromatic nitrogens is 2. The van der Waals surface area contributed by atoms with Crippen LogP contribution in [0, 0.1) is 12.4 Å². The molecule has 2 aliphatic heterocycles. The fraction of sp³-hybridized carbons (Fsp3) is 0.400. The predicted molar refractivity (Wildman–Crippen MR) is 104 cm³/mol. The molecule has 2 aliphatic rings. The molecule has 0 atom stereocenters. The second-order valence-electron chi connectivity index (χ2n) is 6.50. The highest BCUT2D eigenvalue weighted by Gasteiger charge is 2.33. The normalized spacial score (nSPS) is 19.7. The number of thioether (sulfide) groups is 1. The second kappa shape index (κ2) is 6.81. The molecular weight excluding hydrogens is 347 g/mol. The van der Waals surface area contributed by atoms with E-state index in [1.807, 2.05) is 11.8 Å². The Morgan fingerprint density at radius 3 is 2.88 bits per heavy atom. The first-order valence-electron chi connectivity index (χ1n) is 9.10. The standard InChI is InChI=1S/C20H22FN4S/c1-4-23-10-11-26-19(23)7-6-14-8-9-25-18-13-16(22-3)15(21)12-17(18)24(5-2)20(14)25/h6-7,12-13H,4-5,8-11H2,1-2H3/q+1. The molecule has 1 saturated heterocycles. The lowest BCUT2D eigenvalue weighted by atomic mass is 10.2. The molecule has 0 saturated carbocycles. The van der Waals surface area contributed by atoms with E-state index in [9.17, 15) is 4.39 Å². The van der Waals surface area contributed by atoms with Crippen molar-refractivity contribution in [3.8, 4) is 0 Å². The summed E-state index contributed by atoms with van der Waals surface area (Å²) in [6.45, 7) is 15.3. The van der Waals surface area contributed by atoms with Crippen molar-refractivity contribution < 1.29 is 8.96 Å². The van der Waals surface area contributed by atoms with Crippen LogP contribution < -0.4 is 4.57 Å². The third-order valence-corrected chi connectivity index (χ3v) is 6.27. The molecular formula is C20H22FN4S+. The van der Waals surface area contributed by atoms with Crippen molar-refractivity contribution in [1.82, 2.24) is 9.47 Å². The van der Waals surface area contributed by atoms with E-state index >= 15 is 0 Å². The Balaban J connectivity index is 1.83. The number of imidazole rings is 1. The monoisotopic (exact) mass is 369 g/mol. The fourth-order valence-electron chi connectivity index (χ4n) is 3.93. The van der Waals surface area contributed by atoms with Crippen LogP contribution in [-0.2, 0) is 13.1 Å². The third kappa shape index (κ3) is 2.62. The van der Waals surface area contributed by atoms with Crippen molar-refractivity contribution in [2.45, 2.75) is 33.4 Å². The Kier molecular flexibility index (Phi) is 4.49. The van der Waals surface area contributed by atoms with Crippen LogP contribution in [0.2, 0.25) is 0 Å². The Hall–Kier alpha value is -2.26. The van der Waals surface area contributed by atoms with Crippen molar-refractivity contribution in [2.75, 3.05) is 18.8 Å². The Morgan fingerprint density at radius 2 is 2.15 bits per heavy atom. The summed E-state index contributed by atoms with van der Waals surface area (Å²) in [7, 11) is 0. The molecule has 3 heterocycles. The van der Waals surface area contributed by atoms with Crippen LogP contribution in [0.4, 0.5) is 10.1 Å². The van der Waals surface area contributed by atoms with Crippen LogP contribution in [0.1, 0.15) is 26.1 Å². The van der Waals surface area contributed by atoms with Gasteiger partial charge in [0.25, 0.3) is 5.82 Å². The largest absolute Gasteiger partial charge is 0.366 e. The summed E-state index contributed by atoms with van der Waals surface area (Å²) in [4.78, 5) is 5.73. The molecule has 0 amide bonds. The Labute approximate surface area is 157 Å². The van der Waals surface area contributed by atoms with E-state index in [1.54, 1.807) is 6.07 Å². The van der Waals surface area contributed by atoms with Crippen LogP contribution >= 0.6 is 11.8 Å². The number of fused-ring (bicyclic) bond motifs is 3. The summed E-state index contributed by atoms with van der Waals surface area (Å²) >= 11 is 1.91.